The summed E-state index contributed by atoms with van der Waals surface area (Å²) in [7, 11) is 0. The number of hydrogen-bond donors (Lipinski definition) is 0. The van der Waals surface area contributed by atoms with Crippen molar-refractivity contribution >= 4 is 11.8 Å². The van der Waals surface area contributed by atoms with Crippen LogP contribution >= 0.6 is 0 Å². The van der Waals surface area contributed by atoms with E-state index in [1.54, 1.807) is 9.80 Å². The smallest absolute Gasteiger partial charge is 0.246 e. The van der Waals surface area contributed by atoms with Gasteiger partial charge in [-0.05, 0) is 25.7 Å². The van der Waals surface area contributed by atoms with Gasteiger partial charge in [0.25, 0.3) is 0 Å². The summed E-state index contributed by atoms with van der Waals surface area (Å²) < 4.78 is 0. The van der Waals surface area contributed by atoms with Crippen molar-refractivity contribution in [2.75, 3.05) is 19.6 Å². The van der Waals surface area contributed by atoms with E-state index in [1.165, 1.54) is 6.92 Å². The van der Waals surface area contributed by atoms with Crippen LogP contribution in [0.3, 0.4) is 0 Å². The van der Waals surface area contributed by atoms with Gasteiger partial charge in [0.05, 0.1) is 6.07 Å². The van der Waals surface area contributed by atoms with Crippen molar-refractivity contribution in [1.82, 2.24) is 9.80 Å². The molecule has 1 rings (SSSR count). The predicted molar refractivity (Wildman–Crippen MR) is 67.5 cm³/mol. The fraction of sp³-hybridized carbons (Fsp3) is 0.769. The molecule has 1 heterocycles. The summed E-state index contributed by atoms with van der Waals surface area (Å²) in [5, 5.41) is 8.76. The van der Waals surface area contributed by atoms with Crippen molar-refractivity contribution in [3.05, 3.63) is 0 Å². The molecule has 1 aliphatic heterocycles. The number of amides is 2. The molecule has 1 unspecified atom stereocenters. The Kier molecular flexibility index (Phi) is 5.63. The topological polar surface area (TPSA) is 64.4 Å². The molecule has 5 nitrogen and oxygen atoms in total. The van der Waals surface area contributed by atoms with Gasteiger partial charge in [0.2, 0.25) is 11.8 Å². The second-order valence-corrected chi connectivity index (χ2v) is 4.64. The molecular formula is C13H21N3O2. The average Bonchev–Trinajstić information content (AvgIpc) is 2.37. The summed E-state index contributed by atoms with van der Waals surface area (Å²) >= 11 is 0. The van der Waals surface area contributed by atoms with E-state index in [2.05, 4.69) is 0 Å². The number of piperidine rings is 1. The van der Waals surface area contributed by atoms with Crippen molar-refractivity contribution < 1.29 is 9.59 Å². The van der Waals surface area contributed by atoms with E-state index in [0.717, 1.165) is 19.3 Å². The first-order valence-corrected chi connectivity index (χ1v) is 6.54. The van der Waals surface area contributed by atoms with Gasteiger partial charge in [0, 0.05) is 20.0 Å². The lowest BCUT2D eigenvalue weighted by molar-refractivity contribution is -0.146. The average molecular weight is 251 g/mol. The molecule has 18 heavy (non-hydrogen) atoms. The van der Waals surface area contributed by atoms with Crippen LogP contribution < -0.4 is 0 Å². The molecule has 1 atom stereocenters. The first-order chi connectivity index (χ1) is 8.61. The van der Waals surface area contributed by atoms with Crippen molar-refractivity contribution in [2.24, 2.45) is 0 Å². The molecular weight excluding hydrogens is 230 g/mol. The zero-order valence-electron chi connectivity index (χ0n) is 11.2. The highest BCUT2D eigenvalue weighted by Gasteiger charge is 2.32. The molecule has 1 fully saturated rings. The molecule has 0 saturated carbocycles. The first-order valence-electron chi connectivity index (χ1n) is 6.54. The second kappa shape index (κ2) is 7.00. The van der Waals surface area contributed by atoms with E-state index in [0.29, 0.717) is 19.5 Å². The van der Waals surface area contributed by atoms with E-state index < -0.39 is 0 Å². The van der Waals surface area contributed by atoms with Crippen LogP contribution in [0.15, 0.2) is 0 Å². The number of rotatable bonds is 4. The van der Waals surface area contributed by atoms with Crippen LogP contribution in [0.5, 0.6) is 0 Å². The summed E-state index contributed by atoms with van der Waals surface area (Å²) in [5.41, 5.74) is 0. The van der Waals surface area contributed by atoms with Crippen molar-refractivity contribution in [3.63, 3.8) is 0 Å². The maximum Gasteiger partial charge on any atom is 0.246 e. The van der Waals surface area contributed by atoms with Gasteiger partial charge in [-0.25, -0.2) is 0 Å². The Bertz CT molecular complexity index is 349. The van der Waals surface area contributed by atoms with E-state index >= 15 is 0 Å². The molecule has 0 N–H and O–H groups in total. The molecule has 0 bridgehead atoms. The lowest BCUT2D eigenvalue weighted by atomic mass is 10.0. The summed E-state index contributed by atoms with van der Waals surface area (Å²) in [5.74, 6) is -0.130. The maximum absolute atomic E-state index is 12.4. The molecule has 0 aromatic rings. The van der Waals surface area contributed by atoms with Gasteiger partial charge in [0.15, 0.2) is 0 Å². The van der Waals surface area contributed by atoms with Crippen LogP contribution in [0.25, 0.3) is 0 Å². The summed E-state index contributed by atoms with van der Waals surface area (Å²) in [4.78, 5) is 27.1. The fourth-order valence-corrected chi connectivity index (χ4v) is 2.40. The number of nitrogens with zero attached hydrogens (tertiary/aromatic N) is 3. The Balaban J connectivity index is 2.77. The van der Waals surface area contributed by atoms with Gasteiger partial charge in [-0.15, -0.1) is 0 Å². The number of likely N-dealkylation sites (tertiary alicyclic amines) is 1. The van der Waals surface area contributed by atoms with Gasteiger partial charge in [0.1, 0.15) is 12.6 Å². The molecule has 0 aliphatic carbocycles. The van der Waals surface area contributed by atoms with Gasteiger partial charge in [-0.1, -0.05) is 6.92 Å². The largest absolute Gasteiger partial charge is 0.331 e. The Morgan fingerprint density at radius 1 is 1.44 bits per heavy atom. The van der Waals surface area contributed by atoms with Crippen LogP contribution in [-0.2, 0) is 9.59 Å². The minimum absolute atomic E-state index is 0.0542. The Morgan fingerprint density at radius 3 is 2.72 bits per heavy atom. The lowest BCUT2D eigenvalue weighted by Gasteiger charge is -2.36. The Hall–Kier alpha value is -1.57. The Morgan fingerprint density at radius 2 is 2.17 bits per heavy atom. The lowest BCUT2D eigenvalue weighted by Crippen LogP contribution is -2.52. The number of hydrogen-bond acceptors (Lipinski definition) is 3. The van der Waals surface area contributed by atoms with Gasteiger partial charge < -0.3 is 9.80 Å². The van der Waals surface area contributed by atoms with Crippen molar-refractivity contribution in [1.29, 1.82) is 5.26 Å². The summed E-state index contributed by atoms with van der Waals surface area (Å²) in [6.07, 6.45) is 3.45. The third-order valence-corrected chi connectivity index (χ3v) is 3.26. The summed E-state index contributed by atoms with van der Waals surface area (Å²) in [6.45, 7) is 4.81. The van der Waals surface area contributed by atoms with Crippen LogP contribution in [0.4, 0.5) is 0 Å². The van der Waals surface area contributed by atoms with Crippen LogP contribution in [-0.4, -0.2) is 47.3 Å². The highest BCUT2D eigenvalue weighted by Crippen LogP contribution is 2.19. The molecule has 0 aromatic carbocycles. The molecule has 0 aromatic heterocycles. The standard InChI is InChI=1S/C13H21N3O2/c1-3-8-15(10-7-14)13(18)12-6-4-5-9-16(12)11(2)17/h12H,3-6,8-10H2,1-2H3. The quantitative estimate of drug-likeness (QED) is 0.704. The monoisotopic (exact) mass is 251 g/mol. The third kappa shape index (κ3) is 3.46. The normalized spacial score (nSPS) is 19.2. The first kappa shape index (κ1) is 14.5. The van der Waals surface area contributed by atoms with E-state index in [-0.39, 0.29) is 24.4 Å². The maximum atomic E-state index is 12.4. The summed E-state index contributed by atoms with van der Waals surface area (Å²) in [6, 6.07) is 1.65. The molecule has 0 spiro atoms. The minimum Gasteiger partial charge on any atom is -0.331 e. The van der Waals surface area contributed by atoms with E-state index in [1.807, 2.05) is 13.0 Å². The molecule has 1 aliphatic rings. The van der Waals surface area contributed by atoms with Crippen LogP contribution in [0, 0.1) is 11.3 Å². The highest BCUT2D eigenvalue weighted by molar-refractivity contribution is 5.87. The van der Waals surface area contributed by atoms with Crippen molar-refractivity contribution in [2.45, 2.75) is 45.6 Å². The van der Waals surface area contributed by atoms with Crippen molar-refractivity contribution in [3.8, 4) is 6.07 Å². The third-order valence-electron chi connectivity index (χ3n) is 3.26. The predicted octanol–water partition coefficient (Wildman–Crippen LogP) is 1.15. The second-order valence-electron chi connectivity index (χ2n) is 4.64. The zero-order valence-corrected chi connectivity index (χ0v) is 11.2. The highest BCUT2D eigenvalue weighted by atomic mass is 16.2. The molecule has 5 heteroatoms. The van der Waals surface area contributed by atoms with E-state index in [9.17, 15) is 9.59 Å². The van der Waals surface area contributed by atoms with Crippen LogP contribution in [0.1, 0.15) is 39.5 Å². The SMILES string of the molecule is CCCN(CC#N)C(=O)C1CCCCN1C(C)=O. The van der Waals surface area contributed by atoms with Gasteiger partial charge in [-0.3, -0.25) is 9.59 Å². The fourth-order valence-electron chi connectivity index (χ4n) is 2.40. The zero-order chi connectivity index (χ0) is 13.5. The number of nitriles is 1. The van der Waals surface area contributed by atoms with Gasteiger partial charge in [-0.2, -0.15) is 5.26 Å². The number of carbonyl (C=O) groups excluding carboxylic acids is 2. The minimum atomic E-state index is -0.365. The number of carbonyl (C=O) groups is 2. The molecule has 2 amide bonds. The molecule has 1 saturated heterocycles. The van der Waals surface area contributed by atoms with E-state index in [4.69, 9.17) is 5.26 Å². The molecule has 0 radical (unpaired) electrons. The molecule has 100 valence electrons. The van der Waals surface area contributed by atoms with Gasteiger partial charge >= 0.3 is 0 Å². The van der Waals surface area contributed by atoms with Crippen LogP contribution in [0.2, 0.25) is 0 Å². The Labute approximate surface area is 108 Å².